The molecule has 7 nitrogen and oxygen atoms in total. The number of rotatable bonds is 6. The van der Waals surface area contributed by atoms with Gasteiger partial charge in [0.15, 0.2) is 5.75 Å². The highest BCUT2D eigenvalue weighted by Gasteiger charge is 2.27. The molecule has 0 spiro atoms. The first kappa shape index (κ1) is 16.5. The van der Waals surface area contributed by atoms with Gasteiger partial charge in [0.05, 0.1) is 25.4 Å². The minimum absolute atomic E-state index is 0.0643. The summed E-state index contributed by atoms with van der Waals surface area (Å²) in [6, 6.07) is 4.80. The van der Waals surface area contributed by atoms with Gasteiger partial charge in [-0.05, 0) is 18.2 Å². The van der Waals surface area contributed by atoms with Gasteiger partial charge in [0.2, 0.25) is 5.91 Å². The Bertz CT molecular complexity index is 560. The third-order valence-electron chi connectivity index (χ3n) is 3.22. The molecule has 1 amide bonds. The molecule has 0 fully saturated rings. The second kappa shape index (κ2) is 7.44. The van der Waals surface area contributed by atoms with Gasteiger partial charge in [-0.2, -0.15) is 0 Å². The largest absolute Gasteiger partial charge is 0.423 e. The zero-order valence-corrected chi connectivity index (χ0v) is 12.6. The predicted octanol–water partition coefficient (Wildman–Crippen LogP) is -0.121. The van der Waals surface area contributed by atoms with E-state index in [1.54, 1.807) is 23.1 Å². The Labute approximate surface area is 132 Å². The van der Waals surface area contributed by atoms with Gasteiger partial charge in [-0.1, -0.05) is 11.6 Å². The molecule has 0 radical (unpaired) electrons. The molecular formula is C14H17ClN2O5. The average molecular weight is 329 g/mol. The number of hydrogen-bond donors (Lipinski definition) is 2. The molecule has 2 rings (SSSR count). The second-order valence-electron chi connectivity index (χ2n) is 4.77. The Morgan fingerprint density at radius 1 is 1.32 bits per heavy atom. The molecule has 0 bridgehead atoms. The molecule has 0 unspecified atom stereocenters. The SMILES string of the molecule is O=C1CN(CC(=O)N(CCO)CCO)c2cc(Cl)ccc2O1. The molecule has 1 aliphatic rings. The summed E-state index contributed by atoms with van der Waals surface area (Å²) in [5, 5.41) is 18.4. The molecule has 22 heavy (non-hydrogen) atoms. The first-order valence-corrected chi connectivity index (χ1v) is 7.17. The van der Waals surface area contributed by atoms with Crippen LogP contribution in [0, 0.1) is 0 Å². The molecule has 1 heterocycles. The fourth-order valence-corrected chi connectivity index (χ4v) is 2.39. The van der Waals surface area contributed by atoms with Crippen LogP contribution in [-0.4, -0.2) is 66.4 Å². The Hall–Kier alpha value is -1.83. The summed E-state index contributed by atoms with van der Waals surface area (Å²) >= 11 is 5.95. The number of carbonyl (C=O) groups excluding carboxylic acids is 2. The first-order chi connectivity index (χ1) is 10.5. The second-order valence-corrected chi connectivity index (χ2v) is 5.21. The summed E-state index contributed by atoms with van der Waals surface area (Å²) in [5.74, 6) is -0.411. The molecule has 0 atom stereocenters. The van der Waals surface area contributed by atoms with E-state index in [1.165, 1.54) is 4.90 Å². The molecule has 0 saturated carbocycles. The molecule has 1 aromatic carbocycles. The van der Waals surface area contributed by atoms with E-state index < -0.39 is 5.97 Å². The molecule has 0 saturated heterocycles. The summed E-state index contributed by atoms with van der Waals surface area (Å²) in [6.45, 7) is -0.278. The van der Waals surface area contributed by atoms with Gasteiger partial charge in [0, 0.05) is 18.1 Å². The van der Waals surface area contributed by atoms with Crippen LogP contribution in [0.3, 0.4) is 0 Å². The maximum atomic E-state index is 12.3. The molecule has 1 aliphatic heterocycles. The van der Waals surface area contributed by atoms with Gasteiger partial charge in [-0.3, -0.25) is 4.79 Å². The zero-order chi connectivity index (χ0) is 16.1. The number of hydrogen-bond acceptors (Lipinski definition) is 6. The van der Waals surface area contributed by atoms with E-state index in [2.05, 4.69) is 0 Å². The topological polar surface area (TPSA) is 90.3 Å². The molecule has 8 heteroatoms. The van der Waals surface area contributed by atoms with Crippen LogP contribution in [0.4, 0.5) is 5.69 Å². The normalized spacial score (nSPS) is 13.6. The third-order valence-corrected chi connectivity index (χ3v) is 3.46. The maximum absolute atomic E-state index is 12.3. The fourth-order valence-electron chi connectivity index (χ4n) is 2.23. The van der Waals surface area contributed by atoms with Crippen LogP contribution < -0.4 is 9.64 Å². The number of amides is 1. The highest BCUT2D eigenvalue weighted by atomic mass is 35.5. The van der Waals surface area contributed by atoms with Crippen molar-refractivity contribution >= 4 is 29.2 Å². The van der Waals surface area contributed by atoms with E-state index in [9.17, 15) is 9.59 Å². The van der Waals surface area contributed by atoms with Crippen molar-refractivity contribution in [2.24, 2.45) is 0 Å². The lowest BCUT2D eigenvalue weighted by Gasteiger charge is -2.31. The van der Waals surface area contributed by atoms with Gasteiger partial charge in [-0.25, -0.2) is 4.79 Å². The predicted molar refractivity (Wildman–Crippen MR) is 80.1 cm³/mol. The van der Waals surface area contributed by atoms with Crippen LogP contribution in [-0.2, 0) is 9.59 Å². The van der Waals surface area contributed by atoms with Crippen molar-refractivity contribution in [1.29, 1.82) is 0 Å². The zero-order valence-electron chi connectivity index (χ0n) is 11.9. The Kier molecular flexibility index (Phi) is 5.59. The quantitative estimate of drug-likeness (QED) is 0.559. The lowest BCUT2D eigenvalue weighted by molar-refractivity contribution is -0.134. The van der Waals surface area contributed by atoms with Crippen LogP contribution in [0.25, 0.3) is 0 Å². The molecule has 1 aromatic rings. The number of anilines is 1. The van der Waals surface area contributed by atoms with Gasteiger partial charge in [0.1, 0.15) is 6.54 Å². The van der Waals surface area contributed by atoms with Crippen LogP contribution >= 0.6 is 11.6 Å². The van der Waals surface area contributed by atoms with Gasteiger partial charge in [0.25, 0.3) is 0 Å². The summed E-state index contributed by atoms with van der Waals surface area (Å²) in [6.07, 6.45) is 0. The minimum atomic E-state index is -0.460. The van der Waals surface area contributed by atoms with E-state index >= 15 is 0 Å². The molecule has 2 N–H and O–H groups in total. The number of fused-ring (bicyclic) bond motifs is 1. The fraction of sp³-hybridized carbons (Fsp3) is 0.429. The van der Waals surface area contributed by atoms with Crippen molar-refractivity contribution in [3.8, 4) is 5.75 Å². The number of benzene rings is 1. The van der Waals surface area contributed by atoms with Crippen LogP contribution in [0.5, 0.6) is 5.75 Å². The maximum Gasteiger partial charge on any atom is 0.331 e. The summed E-state index contributed by atoms with van der Waals surface area (Å²) in [7, 11) is 0. The smallest absolute Gasteiger partial charge is 0.331 e. The van der Waals surface area contributed by atoms with Crippen molar-refractivity contribution in [2.75, 3.05) is 44.3 Å². The van der Waals surface area contributed by atoms with Crippen molar-refractivity contribution in [2.45, 2.75) is 0 Å². The molecule has 120 valence electrons. The van der Waals surface area contributed by atoms with Crippen LogP contribution in [0.2, 0.25) is 5.02 Å². The summed E-state index contributed by atoms with van der Waals surface area (Å²) < 4.78 is 5.11. The van der Waals surface area contributed by atoms with E-state index in [4.69, 9.17) is 26.6 Å². The third kappa shape index (κ3) is 3.88. The van der Waals surface area contributed by atoms with Crippen molar-refractivity contribution < 1.29 is 24.5 Å². The lowest BCUT2D eigenvalue weighted by atomic mass is 10.2. The lowest BCUT2D eigenvalue weighted by Crippen LogP contribution is -2.46. The Morgan fingerprint density at radius 2 is 2.00 bits per heavy atom. The minimum Gasteiger partial charge on any atom is -0.423 e. The van der Waals surface area contributed by atoms with Gasteiger partial charge >= 0.3 is 5.97 Å². The molecule has 0 aliphatic carbocycles. The Morgan fingerprint density at radius 3 is 2.64 bits per heavy atom. The van der Waals surface area contributed by atoms with E-state index in [0.717, 1.165) is 0 Å². The number of halogens is 1. The number of aliphatic hydroxyl groups excluding tert-OH is 2. The highest BCUT2D eigenvalue weighted by molar-refractivity contribution is 6.31. The number of aliphatic hydroxyl groups is 2. The highest BCUT2D eigenvalue weighted by Crippen LogP contribution is 2.34. The van der Waals surface area contributed by atoms with Gasteiger partial charge < -0.3 is 24.7 Å². The first-order valence-electron chi connectivity index (χ1n) is 6.80. The van der Waals surface area contributed by atoms with Crippen molar-refractivity contribution in [3.05, 3.63) is 23.2 Å². The number of nitrogens with zero attached hydrogens (tertiary/aromatic N) is 2. The summed E-state index contributed by atoms with van der Waals surface area (Å²) in [5.41, 5.74) is 0.563. The summed E-state index contributed by atoms with van der Waals surface area (Å²) in [4.78, 5) is 26.8. The van der Waals surface area contributed by atoms with E-state index in [1.807, 2.05) is 0 Å². The van der Waals surface area contributed by atoms with Crippen LogP contribution in [0.1, 0.15) is 0 Å². The van der Waals surface area contributed by atoms with E-state index in [0.29, 0.717) is 16.5 Å². The van der Waals surface area contributed by atoms with Crippen LogP contribution in [0.15, 0.2) is 18.2 Å². The number of esters is 1. The number of ether oxygens (including phenoxy) is 1. The van der Waals surface area contributed by atoms with Gasteiger partial charge in [-0.15, -0.1) is 0 Å². The van der Waals surface area contributed by atoms with Crippen molar-refractivity contribution in [1.82, 2.24) is 4.90 Å². The number of carbonyl (C=O) groups is 2. The molecule has 0 aromatic heterocycles. The average Bonchev–Trinajstić information content (AvgIpc) is 2.47. The standard InChI is InChI=1S/C14H17ClN2O5/c15-10-1-2-12-11(7-10)17(9-14(21)22-12)8-13(20)16(3-5-18)4-6-19/h1-2,7,18-19H,3-6,8-9H2. The Balaban J connectivity index is 2.17. The van der Waals surface area contributed by atoms with Crippen molar-refractivity contribution in [3.63, 3.8) is 0 Å². The van der Waals surface area contributed by atoms with E-state index in [-0.39, 0.29) is 45.3 Å². The molecular weight excluding hydrogens is 312 g/mol. The monoisotopic (exact) mass is 328 g/mol.